The number of likely N-dealkylation sites (tertiary alicyclic amines) is 1. The third-order valence-electron chi connectivity index (χ3n) is 4.41. The Morgan fingerprint density at radius 2 is 2.20 bits per heavy atom. The lowest BCUT2D eigenvalue weighted by molar-refractivity contribution is 0.227. The quantitative estimate of drug-likeness (QED) is 0.892. The highest BCUT2D eigenvalue weighted by molar-refractivity contribution is 9.10. The van der Waals surface area contributed by atoms with Crippen molar-refractivity contribution in [2.45, 2.75) is 26.3 Å². The Morgan fingerprint density at radius 3 is 2.75 bits per heavy atom. The van der Waals surface area contributed by atoms with Crippen molar-refractivity contribution < 1.29 is 4.74 Å². The van der Waals surface area contributed by atoms with E-state index in [-0.39, 0.29) is 6.04 Å². The third kappa shape index (κ3) is 3.35. The molecule has 0 radical (unpaired) electrons. The summed E-state index contributed by atoms with van der Waals surface area (Å²) in [5, 5.41) is 0. The first-order valence-corrected chi connectivity index (χ1v) is 8.13. The summed E-state index contributed by atoms with van der Waals surface area (Å²) >= 11 is 3.55. The summed E-state index contributed by atoms with van der Waals surface area (Å²) in [5.41, 5.74) is 7.26. The van der Waals surface area contributed by atoms with Gasteiger partial charge in [0.2, 0.25) is 0 Å². The number of nitrogens with zero attached hydrogens (tertiary/aromatic N) is 1. The summed E-state index contributed by atoms with van der Waals surface area (Å²) in [7, 11) is 1.72. The van der Waals surface area contributed by atoms with Gasteiger partial charge in [-0.2, -0.15) is 0 Å². The van der Waals surface area contributed by atoms with E-state index in [9.17, 15) is 0 Å². The van der Waals surface area contributed by atoms with E-state index in [0.29, 0.717) is 6.54 Å². The lowest BCUT2D eigenvalue weighted by atomic mass is 9.95. The van der Waals surface area contributed by atoms with E-state index in [1.54, 1.807) is 7.11 Å². The second-order valence-corrected chi connectivity index (χ2v) is 6.84. The number of hydrogen-bond acceptors (Lipinski definition) is 3. The van der Waals surface area contributed by atoms with Gasteiger partial charge in [-0.05, 0) is 43.0 Å². The van der Waals surface area contributed by atoms with Crippen LogP contribution in [-0.4, -0.2) is 31.6 Å². The Balaban J connectivity index is 2.22. The van der Waals surface area contributed by atoms with Gasteiger partial charge < -0.3 is 10.5 Å². The van der Waals surface area contributed by atoms with Crippen molar-refractivity contribution in [2.24, 2.45) is 17.6 Å². The van der Waals surface area contributed by atoms with Crippen molar-refractivity contribution in [1.82, 2.24) is 4.90 Å². The molecule has 1 heterocycles. The van der Waals surface area contributed by atoms with Gasteiger partial charge >= 0.3 is 0 Å². The fourth-order valence-electron chi connectivity index (χ4n) is 3.08. The molecule has 1 fully saturated rings. The standard InChI is InChI=1S/C16H25BrN2O/c1-11(2)12-6-7-19(10-12)15(9-18)14-8-13(17)4-5-16(14)20-3/h4-5,8,11-12,15H,6-7,9-10,18H2,1-3H3. The molecule has 2 rings (SSSR count). The van der Waals surface area contributed by atoms with Crippen LogP contribution in [0.4, 0.5) is 0 Å². The molecule has 4 heteroatoms. The molecule has 0 amide bonds. The van der Waals surface area contributed by atoms with Crippen LogP contribution in [0.25, 0.3) is 0 Å². The molecule has 0 saturated carbocycles. The van der Waals surface area contributed by atoms with Crippen LogP contribution in [-0.2, 0) is 0 Å². The lowest BCUT2D eigenvalue weighted by Gasteiger charge is -2.29. The molecular weight excluding hydrogens is 316 g/mol. The predicted molar refractivity (Wildman–Crippen MR) is 87.0 cm³/mol. The Bertz CT molecular complexity index is 450. The van der Waals surface area contributed by atoms with Crippen LogP contribution < -0.4 is 10.5 Å². The summed E-state index contributed by atoms with van der Waals surface area (Å²) in [5.74, 6) is 2.45. The zero-order valence-electron chi connectivity index (χ0n) is 12.6. The van der Waals surface area contributed by atoms with Gasteiger partial charge in [-0.1, -0.05) is 29.8 Å². The number of methoxy groups -OCH3 is 1. The summed E-state index contributed by atoms with van der Waals surface area (Å²) < 4.78 is 6.59. The number of rotatable bonds is 5. The van der Waals surface area contributed by atoms with E-state index in [1.807, 2.05) is 12.1 Å². The van der Waals surface area contributed by atoms with Crippen LogP contribution in [0.1, 0.15) is 31.9 Å². The van der Waals surface area contributed by atoms with E-state index in [1.165, 1.54) is 12.0 Å². The van der Waals surface area contributed by atoms with E-state index >= 15 is 0 Å². The smallest absolute Gasteiger partial charge is 0.123 e. The Morgan fingerprint density at radius 1 is 1.45 bits per heavy atom. The molecule has 1 aliphatic heterocycles. The molecule has 1 aliphatic rings. The van der Waals surface area contributed by atoms with E-state index in [4.69, 9.17) is 10.5 Å². The Hall–Kier alpha value is -0.580. The lowest BCUT2D eigenvalue weighted by Crippen LogP contribution is -2.32. The van der Waals surface area contributed by atoms with Gasteiger partial charge in [0.05, 0.1) is 13.2 Å². The molecule has 0 spiro atoms. The summed E-state index contributed by atoms with van der Waals surface area (Å²) in [4.78, 5) is 2.51. The largest absolute Gasteiger partial charge is 0.496 e. The molecule has 0 aliphatic carbocycles. The van der Waals surface area contributed by atoms with Crippen LogP contribution in [0.3, 0.4) is 0 Å². The van der Waals surface area contributed by atoms with Gasteiger partial charge in [0.25, 0.3) is 0 Å². The molecule has 1 aromatic rings. The highest BCUT2D eigenvalue weighted by Gasteiger charge is 2.31. The molecule has 1 saturated heterocycles. The van der Waals surface area contributed by atoms with Crippen LogP contribution in [0, 0.1) is 11.8 Å². The SMILES string of the molecule is COc1ccc(Br)cc1C(CN)N1CCC(C(C)C)C1. The number of benzene rings is 1. The normalized spacial score (nSPS) is 21.4. The van der Waals surface area contributed by atoms with Crippen LogP contribution in [0.2, 0.25) is 0 Å². The molecule has 20 heavy (non-hydrogen) atoms. The minimum absolute atomic E-state index is 0.242. The van der Waals surface area contributed by atoms with Crippen molar-refractivity contribution in [3.05, 3.63) is 28.2 Å². The van der Waals surface area contributed by atoms with Gasteiger partial charge in [0, 0.05) is 23.1 Å². The third-order valence-corrected chi connectivity index (χ3v) is 4.91. The first-order chi connectivity index (χ1) is 9.56. The fraction of sp³-hybridized carbons (Fsp3) is 0.625. The molecule has 3 nitrogen and oxygen atoms in total. The van der Waals surface area contributed by atoms with Crippen LogP contribution >= 0.6 is 15.9 Å². The minimum atomic E-state index is 0.242. The fourth-order valence-corrected chi connectivity index (χ4v) is 3.46. The predicted octanol–water partition coefficient (Wildman–Crippen LogP) is 3.44. The molecule has 0 aromatic heterocycles. The maximum Gasteiger partial charge on any atom is 0.123 e. The molecule has 112 valence electrons. The zero-order valence-corrected chi connectivity index (χ0v) is 14.2. The minimum Gasteiger partial charge on any atom is -0.496 e. The zero-order chi connectivity index (χ0) is 14.7. The number of hydrogen-bond donors (Lipinski definition) is 1. The van der Waals surface area contributed by atoms with Gasteiger partial charge in [-0.3, -0.25) is 4.90 Å². The van der Waals surface area contributed by atoms with Crippen molar-refractivity contribution in [3.63, 3.8) is 0 Å². The van der Waals surface area contributed by atoms with Gasteiger partial charge in [0.15, 0.2) is 0 Å². The number of ether oxygens (including phenoxy) is 1. The molecule has 2 N–H and O–H groups in total. The first-order valence-electron chi connectivity index (χ1n) is 7.34. The van der Waals surface area contributed by atoms with E-state index < -0.39 is 0 Å². The second-order valence-electron chi connectivity index (χ2n) is 5.93. The highest BCUT2D eigenvalue weighted by Crippen LogP contribution is 2.35. The maximum atomic E-state index is 6.07. The van der Waals surface area contributed by atoms with Crippen LogP contribution in [0.5, 0.6) is 5.75 Å². The molecular formula is C16H25BrN2O. The van der Waals surface area contributed by atoms with Gasteiger partial charge in [-0.15, -0.1) is 0 Å². The number of halogens is 1. The first kappa shape index (κ1) is 15.8. The van der Waals surface area contributed by atoms with Crippen molar-refractivity contribution in [1.29, 1.82) is 0 Å². The molecule has 1 aromatic carbocycles. The van der Waals surface area contributed by atoms with Crippen molar-refractivity contribution >= 4 is 15.9 Å². The highest BCUT2D eigenvalue weighted by atomic mass is 79.9. The maximum absolute atomic E-state index is 6.07. The summed E-state index contributed by atoms with van der Waals surface area (Å²) in [6.45, 7) is 7.50. The topological polar surface area (TPSA) is 38.5 Å². The molecule has 2 unspecified atom stereocenters. The average Bonchev–Trinajstić information content (AvgIpc) is 2.90. The van der Waals surface area contributed by atoms with Gasteiger partial charge in [-0.25, -0.2) is 0 Å². The summed E-state index contributed by atoms with van der Waals surface area (Å²) in [6.07, 6.45) is 1.27. The second kappa shape index (κ2) is 6.92. The van der Waals surface area contributed by atoms with E-state index in [2.05, 4.69) is 40.7 Å². The average molecular weight is 341 g/mol. The summed E-state index contributed by atoms with van der Waals surface area (Å²) in [6, 6.07) is 6.40. The van der Waals surface area contributed by atoms with Crippen LogP contribution in [0.15, 0.2) is 22.7 Å². The Kier molecular flexibility index (Phi) is 5.47. The van der Waals surface area contributed by atoms with Gasteiger partial charge in [0.1, 0.15) is 5.75 Å². The molecule has 2 atom stereocenters. The monoisotopic (exact) mass is 340 g/mol. The Labute approximate surface area is 130 Å². The van der Waals surface area contributed by atoms with Crippen molar-refractivity contribution in [3.8, 4) is 5.75 Å². The van der Waals surface area contributed by atoms with E-state index in [0.717, 1.165) is 35.1 Å². The number of nitrogens with two attached hydrogens (primary N) is 1. The van der Waals surface area contributed by atoms with Crippen molar-refractivity contribution in [2.75, 3.05) is 26.7 Å². The molecule has 0 bridgehead atoms.